The average molecular weight is 391 g/mol. The first-order chi connectivity index (χ1) is 11.7. The number of oxime groups is 1. The summed E-state index contributed by atoms with van der Waals surface area (Å²) in [4.78, 5) is 12.0. The number of rotatable bonds is 5. The van der Waals surface area contributed by atoms with E-state index < -0.39 is 27.9 Å². The Morgan fingerprint density at radius 3 is 2.80 bits per heavy atom. The summed E-state index contributed by atoms with van der Waals surface area (Å²) in [7, 11) is -3.81. The SMILES string of the molecule is CCOC(=O)C1=CC(=NOS(C)(=O)=O)CC(c2ccc(Cl)cc2F)N1. The first-order valence-electron chi connectivity index (χ1n) is 7.25. The maximum atomic E-state index is 14.2. The van der Waals surface area contributed by atoms with E-state index >= 15 is 0 Å². The van der Waals surface area contributed by atoms with Crippen LogP contribution < -0.4 is 5.32 Å². The molecule has 10 heteroatoms. The van der Waals surface area contributed by atoms with E-state index in [2.05, 4.69) is 14.8 Å². The van der Waals surface area contributed by atoms with Gasteiger partial charge in [-0.3, -0.25) is 4.28 Å². The molecule has 0 aliphatic carbocycles. The van der Waals surface area contributed by atoms with Crippen molar-refractivity contribution in [2.24, 2.45) is 5.16 Å². The molecule has 0 radical (unpaired) electrons. The Balaban J connectivity index is 2.37. The van der Waals surface area contributed by atoms with Gasteiger partial charge in [0.25, 0.3) is 0 Å². The zero-order valence-electron chi connectivity index (χ0n) is 13.5. The van der Waals surface area contributed by atoms with Gasteiger partial charge in [-0.25, -0.2) is 9.18 Å². The average Bonchev–Trinajstić information content (AvgIpc) is 2.52. The molecule has 25 heavy (non-hydrogen) atoms. The van der Waals surface area contributed by atoms with Gasteiger partial charge in [-0.05, 0) is 25.1 Å². The first-order valence-corrected chi connectivity index (χ1v) is 9.45. The number of ether oxygens (including phenoxy) is 1. The molecule has 1 aromatic carbocycles. The van der Waals surface area contributed by atoms with Crippen LogP contribution in [0.4, 0.5) is 4.39 Å². The van der Waals surface area contributed by atoms with E-state index in [1.165, 1.54) is 18.2 Å². The number of nitrogens with one attached hydrogen (secondary N) is 1. The number of esters is 1. The molecule has 0 saturated carbocycles. The summed E-state index contributed by atoms with van der Waals surface area (Å²) in [5.74, 6) is -1.24. The lowest BCUT2D eigenvalue weighted by molar-refractivity contribution is -0.139. The number of hydrogen-bond donors (Lipinski definition) is 1. The monoisotopic (exact) mass is 390 g/mol. The van der Waals surface area contributed by atoms with Gasteiger partial charge in [0, 0.05) is 17.0 Å². The molecular formula is C15H16ClFN2O5S. The van der Waals surface area contributed by atoms with Gasteiger partial charge in [0.1, 0.15) is 11.5 Å². The molecule has 1 aliphatic rings. The summed E-state index contributed by atoms with van der Waals surface area (Å²) >= 11 is 5.75. The van der Waals surface area contributed by atoms with Gasteiger partial charge >= 0.3 is 16.1 Å². The highest BCUT2D eigenvalue weighted by atomic mass is 35.5. The number of benzene rings is 1. The van der Waals surface area contributed by atoms with Gasteiger partial charge in [0.05, 0.1) is 24.6 Å². The standard InChI is InChI=1S/C15H16ClFN2O5S/c1-3-23-15(20)14-8-10(19-24-25(2,21)22)7-13(18-14)11-5-4-9(16)6-12(11)17/h4-6,8,13,18H,3,7H2,1-2H3. The molecule has 0 fully saturated rings. The summed E-state index contributed by atoms with van der Waals surface area (Å²) in [6, 6.07) is 3.44. The zero-order chi connectivity index (χ0) is 18.6. The summed E-state index contributed by atoms with van der Waals surface area (Å²) < 4.78 is 45.7. The minimum Gasteiger partial charge on any atom is -0.461 e. The lowest BCUT2D eigenvalue weighted by Crippen LogP contribution is -2.33. The van der Waals surface area contributed by atoms with Crippen LogP contribution in [0.5, 0.6) is 0 Å². The fourth-order valence-electron chi connectivity index (χ4n) is 2.19. The van der Waals surface area contributed by atoms with Crippen LogP contribution in [0, 0.1) is 5.82 Å². The third kappa shape index (κ3) is 5.43. The molecule has 0 aromatic heterocycles. The highest BCUT2D eigenvalue weighted by Gasteiger charge is 2.27. The van der Waals surface area contributed by atoms with Crippen LogP contribution in [0.2, 0.25) is 5.02 Å². The van der Waals surface area contributed by atoms with Gasteiger partial charge in [0.15, 0.2) is 0 Å². The van der Waals surface area contributed by atoms with Crippen LogP contribution in [-0.2, 0) is 23.9 Å². The zero-order valence-corrected chi connectivity index (χ0v) is 15.0. The van der Waals surface area contributed by atoms with Crippen molar-refractivity contribution >= 4 is 33.4 Å². The molecule has 0 spiro atoms. The molecule has 7 nitrogen and oxygen atoms in total. The predicted molar refractivity (Wildman–Crippen MR) is 90.0 cm³/mol. The number of carbonyl (C=O) groups excluding carboxylic acids is 1. The minimum atomic E-state index is -3.81. The number of nitrogens with zero attached hydrogens (tertiary/aromatic N) is 1. The summed E-state index contributed by atoms with van der Waals surface area (Å²) in [5, 5.41) is 6.61. The predicted octanol–water partition coefficient (Wildman–Crippen LogP) is 2.29. The number of carbonyl (C=O) groups is 1. The fourth-order valence-corrected chi connectivity index (χ4v) is 2.58. The van der Waals surface area contributed by atoms with Crippen LogP contribution in [0.1, 0.15) is 24.9 Å². The Morgan fingerprint density at radius 2 is 2.20 bits per heavy atom. The Labute approximate surface area is 149 Å². The smallest absolute Gasteiger partial charge is 0.354 e. The van der Waals surface area contributed by atoms with Crippen LogP contribution in [-0.4, -0.2) is 33.0 Å². The van der Waals surface area contributed by atoms with Crippen molar-refractivity contribution in [3.05, 3.63) is 46.4 Å². The molecule has 1 unspecified atom stereocenters. The topological polar surface area (TPSA) is 94.1 Å². The van der Waals surface area contributed by atoms with E-state index in [1.807, 2.05) is 0 Å². The van der Waals surface area contributed by atoms with E-state index in [-0.39, 0.29) is 35.0 Å². The normalized spacial score (nSPS) is 19.1. The second kappa shape index (κ2) is 7.83. The van der Waals surface area contributed by atoms with Gasteiger partial charge < -0.3 is 10.1 Å². The Morgan fingerprint density at radius 1 is 1.48 bits per heavy atom. The molecule has 1 atom stereocenters. The maximum Gasteiger partial charge on any atom is 0.354 e. The number of halogens is 2. The van der Waals surface area contributed by atoms with Crippen LogP contribution in [0.25, 0.3) is 0 Å². The fraction of sp³-hybridized carbons (Fsp3) is 0.333. The second-order valence-electron chi connectivity index (χ2n) is 5.21. The van der Waals surface area contributed by atoms with Crippen molar-refractivity contribution in [2.45, 2.75) is 19.4 Å². The van der Waals surface area contributed by atoms with E-state index in [0.717, 1.165) is 12.3 Å². The van der Waals surface area contributed by atoms with Gasteiger partial charge in [-0.2, -0.15) is 8.42 Å². The van der Waals surface area contributed by atoms with Crippen molar-refractivity contribution < 1.29 is 26.6 Å². The van der Waals surface area contributed by atoms with Gasteiger partial charge in [-0.15, -0.1) is 0 Å². The Bertz CT molecular complexity index is 838. The summed E-state index contributed by atoms with van der Waals surface area (Å²) in [5.41, 5.74) is 0.404. The molecular weight excluding hydrogens is 375 g/mol. The molecule has 136 valence electrons. The third-order valence-electron chi connectivity index (χ3n) is 3.18. The molecule has 1 heterocycles. The van der Waals surface area contributed by atoms with Crippen LogP contribution >= 0.6 is 11.6 Å². The van der Waals surface area contributed by atoms with Crippen LogP contribution in [0.15, 0.2) is 35.1 Å². The summed E-state index contributed by atoms with van der Waals surface area (Å²) in [6.45, 7) is 1.78. The van der Waals surface area contributed by atoms with Gasteiger partial charge in [0.2, 0.25) is 0 Å². The lowest BCUT2D eigenvalue weighted by atomic mass is 9.96. The molecule has 0 saturated heterocycles. The van der Waals surface area contributed by atoms with Gasteiger partial charge in [-0.1, -0.05) is 22.8 Å². The molecule has 0 amide bonds. The molecule has 1 N–H and O–H groups in total. The van der Waals surface area contributed by atoms with Crippen molar-refractivity contribution in [3.63, 3.8) is 0 Å². The molecule has 2 rings (SSSR count). The van der Waals surface area contributed by atoms with Crippen LogP contribution in [0.3, 0.4) is 0 Å². The number of hydrogen-bond acceptors (Lipinski definition) is 7. The van der Waals surface area contributed by atoms with Crippen molar-refractivity contribution in [3.8, 4) is 0 Å². The lowest BCUT2D eigenvalue weighted by Gasteiger charge is -2.26. The third-order valence-corrected chi connectivity index (χ3v) is 3.76. The minimum absolute atomic E-state index is 0.0169. The Hall–Kier alpha value is -2.13. The van der Waals surface area contributed by atoms with Crippen molar-refractivity contribution in [1.29, 1.82) is 0 Å². The van der Waals surface area contributed by atoms with E-state index in [4.69, 9.17) is 16.3 Å². The highest BCUT2D eigenvalue weighted by molar-refractivity contribution is 7.85. The molecule has 1 aromatic rings. The number of allylic oxidation sites excluding steroid dienone is 1. The van der Waals surface area contributed by atoms with E-state index in [9.17, 15) is 17.6 Å². The largest absolute Gasteiger partial charge is 0.461 e. The summed E-state index contributed by atoms with van der Waals surface area (Å²) in [6.07, 6.45) is 2.23. The second-order valence-corrected chi connectivity index (χ2v) is 7.20. The van der Waals surface area contributed by atoms with Crippen molar-refractivity contribution in [1.82, 2.24) is 5.32 Å². The van der Waals surface area contributed by atoms with E-state index in [0.29, 0.717) is 0 Å². The molecule has 1 aliphatic heterocycles. The maximum absolute atomic E-state index is 14.2. The van der Waals surface area contributed by atoms with E-state index in [1.54, 1.807) is 6.92 Å². The quantitative estimate of drug-likeness (QED) is 0.612. The Kier molecular flexibility index (Phi) is 6.02. The first kappa shape index (κ1) is 19.2. The van der Waals surface area contributed by atoms with Crippen molar-refractivity contribution in [2.75, 3.05) is 12.9 Å². The highest BCUT2D eigenvalue weighted by Crippen LogP contribution is 2.27. The molecule has 0 bridgehead atoms.